The Kier molecular flexibility index (Phi) is 4.94. The molecule has 0 amide bonds. The van der Waals surface area contributed by atoms with Crippen LogP contribution in [0.3, 0.4) is 0 Å². The van der Waals surface area contributed by atoms with Crippen molar-refractivity contribution >= 4 is 5.82 Å². The lowest BCUT2D eigenvalue weighted by molar-refractivity contribution is 0.245. The van der Waals surface area contributed by atoms with E-state index in [0.717, 1.165) is 30.4 Å². The van der Waals surface area contributed by atoms with E-state index in [2.05, 4.69) is 41.9 Å². The molecule has 0 aliphatic carbocycles. The maximum Gasteiger partial charge on any atom is 0.135 e. The predicted molar refractivity (Wildman–Crippen MR) is 83.2 cm³/mol. The Labute approximate surface area is 122 Å². The monoisotopic (exact) mass is 277 g/mol. The second-order valence-electron chi connectivity index (χ2n) is 6.31. The van der Waals surface area contributed by atoms with Crippen LogP contribution >= 0.6 is 0 Å². The van der Waals surface area contributed by atoms with Crippen LogP contribution in [0.1, 0.15) is 30.3 Å². The third-order valence-electron chi connectivity index (χ3n) is 3.71. The fourth-order valence-electron chi connectivity index (χ4n) is 2.70. The summed E-state index contributed by atoms with van der Waals surface area (Å²) in [5.41, 5.74) is 1.11. The van der Waals surface area contributed by atoms with Gasteiger partial charge < -0.3 is 14.7 Å². The minimum atomic E-state index is 0.467. The van der Waals surface area contributed by atoms with Crippen LogP contribution in [0.25, 0.3) is 0 Å². The summed E-state index contributed by atoms with van der Waals surface area (Å²) in [7, 11) is 10.4. The van der Waals surface area contributed by atoms with Crippen molar-refractivity contribution < 1.29 is 0 Å². The van der Waals surface area contributed by atoms with Crippen molar-refractivity contribution in [1.82, 2.24) is 19.8 Å². The molecule has 2 heterocycles. The minimum absolute atomic E-state index is 0.467. The van der Waals surface area contributed by atoms with E-state index in [1.807, 2.05) is 14.1 Å². The number of hydrogen-bond acceptors (Lipinski definition) is 5. The Morgan fingerprint density at radius 2 is 2.00 bits per heavy atom. The van der Waals surface area contributed by atoms with Crippen LogP contribution in [-0.4, -0.2) is 68.1 Å². The van der Waals surface area contributed by atoms with Gasteiger partial charge in [0.2, 0.25) is 0 Å². The van der Waals surface area contributed by atoms with Crippen LogP contribution in [0.15, 0.2) is 6.07 Å². The highest BCUT2D eigenvalue weighted by Crippen LogP contribution is 2.25. The molecule has 1 aromatic heterocycles. The molecule has 0 spiro atoms. The van der Waals surface area contributed by atoms with Gasteiger partial charge in [0.15, 0.2) is 0 Å². The average molecular weight is 277 g/mol. The van der Waals surface area contributed by atoms with E-state index in [1.165, 1.54) is 19.4 Å². The lowest BCUT2D eigenvalue weighted by atomic mass is 9.97. The Balaban J connectivity index is 2.28. The van der Waals surface area contributed by atoms with E-state index in [9.17, 15) is 0 Å². The first kappa shape index (κ1) is 15.2. The van der Waals surface area contributed by atoms with Crippen LogP contribution < -0.4 is 4.90 Å². The van der Waals surface area contributed by atoms with Gasteiger partial charge in [-0.1, -0.05) is 0 Å². The molecule has 5 nitrogen and oxygen atoms in total. The van der Waals surface area contributed by atoms with Crippen molar-refractivity contribution in [2.45, 2.75) is 25.3 Å². The van der Waals surface area contributed by atoms with E-state index in [-0.39, 0.29) is 0 Å². The lowest BCUT2D eigenvalue weighted by Gasteiger charge is -2.29. The highest BCUT2D eigenvalue weighted by Gasteiger charge is 2.22. The van der Waals surface area contributed by atoms with Gasteiger partial charge in [-0.05, 0) is 40.5 Å². The maximum absolute atomic E-state index is 4.81. The number of anilines is 1. The standard InChI is InChI=1S/C15H27N5/c1-18(2)11-13-9-14(19(3)4)17-15(16-13)12-7-6-8-20(5)10-12/h9,12H,6-8,10-11H2,1-5H3/t12-/m1/s1. The number of aromatic nitrogens is 2. The fourth-order valence-corrected chi connectivity index (χ4v) is 2.70. The Morgan fingerprint density at radius 3 is 2.60 bits per heavy atom. The molecule has 1 saturated heterocycles. The van der Waals surface area contributed by atoms with Gasteiger partial charge in [0, 0.05) is 39.2 Å². The quantitative estimate of drug-likeness (QED) is 0.831. The van der Waals surface area contributed by atoms with Crippen LogP contribution in [0.4, 0.5) is 5.82 Å². The van der Waals surface area contributed by atoms with Gasteiger partial charge in [-0.2, -0.15) is 0 Å². The highest BCUT2D eigenvalue weighted by atomic mass is 15.2. The molecule has 0 saturated carbocycles. The van der Waals surface area contributed by atoms with Gasteiger partial charge in [0.25, 0.3) is 0 Å². The molecule has 0 bridgehead atoms. The van der Waals surface area contributed by atoms with Gasteiger partial charge in [0.1, 0.15) is 11.6 Å². The summed E-state index contributed by atoms with van der Waals surface area (Å²) < 4.78 is 0. The number of nitrogens with zero attached hydrogens (tertiary/aromatic N) is 5. The zero-order valence-corrected chi connectivity index (χ0v) is 13.4. The first-order chi connectivity index (χ1) is 9.45. The van der Waals surface area contributed by atoms with Gasteiger partial charge in [-0.3, -0.25) is 0 Å². The Morgan fingerprint density at radius 1 is 1.25 bits per heavy atom. The second-order valence-corrected chi connectivity index (χ2v) is 6.31. The lowest BCUT2D eigenvalue weighted by Crippen LogP contribution is -2.32. The molecule has 0 radical (unpaired) electrons. The van der Waals surface area contributed by atoms with Crippen LogP contribution in [0, 0.1) is 0 Å². The summed E-state index contributed by atoms with van der Waals surface area (Å²) >= 11 is 0. The first-order valence-electron chi connectivity index (χ1n) is 7.34. The molecular weight excluding hydrogens is 250 g/mol. The van der Waals surface area contributed by atoms with Crippen molar-refractivity contribution in [2.24, 2.45) is 0 Å². The molecule has 20 heavy (non-hydrogen) atoms. The third kappa shape index (κ3) is 3.90. The summed E-state index contributed by atoms with van der Waals surface area (Å²) in [5.74, 6) is 2.49. The molecule has 1 aliphatic heterocycles. The van der Waals surface area contributed by atoms with Crippen molar-refractivity contribution in [3.63, 3.8) is 0 Å². The van der Waals surface area contributed by atoms with E-state index in [4.69, 9.17) is 9.97 Å². The number of likely N-dealkylation sites (N-methyl/N-ethyl adjacent to an activating group) is 1. The van der Waals surface area contributed by atoms with Crippen molar-refractivity contribution in [3.05, 3.63) is 17.6 Å². The largest absolute Gasteiger partial charge is 0.363 e. The van der Waals surface area contributed by atoms with Crippen LogP contribution in [0.2, 0.25) is 0 Å². The van der Waals surface area contributed by atoms with Gasteiger partial charge >= 0.3 is 0 Å². The van der Waals surface area contributed by atoms with Gasteiger partial charge in [-0.15, -0.1) is 0 Å². The highest BCUT2D eigenvalue weighted by molar-refractivity contribution is 5.38. The van der Waals surface area contributed by atoms with E-state index in [0.29, 0.717) is 5.92 Å². The second kappa shape index (κ2) is 6.50. The molecule has 0 aromatic carbocycles. The topological polar surface area (TPSA) is 35.5 Å². The van der Waals surface area contributed by atoms with Crippen LogP contribution in [-0.2, 0) is 6.54 Å². The molecule has 1 aliphatic rings. The molecule has 1 fully saturated rings. The molecular formula is C15H27N5. The van der Waals surface area contributed by atoms with E-state index >= 15 is 0 Å². The number of hydrogen-bond donors (Lipinski definition) is 0. The predicted octanol–water partition coefficient (Wildman–Crippen LogP) is 1.41. The van der Waals surface area contributed by atoms with Crippen LogP contribution in [0.5, 0.6) is 0 Å². The number of piperidine rings is 1. The smallest absolute Gasteiger partial charge is 0.135 e. The SMILES string of the molecule is CN(C)Cc1cc(N(C)C)nc([C@@H]2CCCN(C)C2)n1. The van der Waals surface area contributed by atoms with E-state index in [1.54, 1.807) is 0 Å². The summed E-state index contributed by atoms with van der Waals surface area (Å²) in [6, 6.07) is 2.09. The van der Waals surface area contributed by atoms with Crippen molar-refractivity contribution in [2.75, 3.05) is 53.2 Å². The summed E-state index contributed by atoms with van der Waals surface area (Å²) in [5, 5.41) is 0. The zero-order chi connectivity index (χ0) is 14.7. The Hall–Kier alpha value is -1.20. The van der Waals surface area contributed by atoms with Crippen molar-refractivity contribution in [1.29, 1.82) is 0 Å². The fraction of sp³-hybridized carbons (Fsp3) is 0.733. The molecule has 0 N–H and O–H groups in total. The average Bonchev–Trinajstić information content (AvgIpc) is 2.37. The molecule has 0 unspecified atom stereocenters. The van der Waals surface area contributed by atoms with Gasteiger partial charge in [-0.25, -0.2) is 9.97 Å². The summed E-state index contributed by atoms with van der Waals surface area (Å²) in [6.45, 7) is 3.12. The first-order valence-corrected chi connectivity index (χ1v) is 7.34. The Bertz CT molecular complexity index is 444. The maximum atomic E-state index is 4.81. The molecule has 5 heteroatoms. The molecule has 2 rings (SSSR count). The summed E-state index contributed by atoms with van der Waals surface area (Å²) in [6.07, 6.45) is 2.43. The third-order valence-corrected chi connectivity index (χ3v) is 3.71. The number of rotatable bonds is 4. The molecule has 1 aromatic rings. The molecule has 1 atom stereocenters. The van der Waals surface area contributed by atoms with E-state index < -0.39 is 0 Å². The number of likely N-dealkylation sites (tertiary alicyclic amines) is 1. The minimum Gasteiger partial charge on any atom is -0.363 e. The normalized spacial score (nSPS) is 20.4. The summed E-state index contributed by atoms with van der Waals surface area (Å²) in [4.78, 5) is 16.2. The molecule has 112 valence electrons. The van der Waals surface area contributed by atoms with Gasteiger partial charge in [0.05, 0.1) is 5.69 Å². The zero-order valence-electron chi connectivity index (χ0n) is 13.4. The van der Waals surface area contributed by atoms with Crippen molar-refractivity contribution in [3.8, 4) is 0 Å².